The maximum absolute atomic E-state index is 3.67. The maximum Gasteiger partial charge on any atom is 0.0340 e. The van der Waals surface area contributed by atoms with Crippen LogP contribution in [0.5, 0.6) is 0 Å². The quantitative estimate of drug-likeness (QED) is 0.113. The van der Waals surface area contributed by atoms with E-state index < -0.39 is 0 Å². The van der Waals surface area contributed by atoms with Crippen molar-refractivity contribution in [1.82, 2.24) is 0 Å². The van der Waals surface area contributed by atoms with E-state index in [1.54, 1.807) is 0 Å². The summed E-state index contributed by atoms with van der Waals surface area (Å²) in [6, 6.07) is 57.5. The second-order valence-corrected chi connectivity index (χ2v) is 14.1. The van der Waals surface area contributed by atoms with Crippen molar-refractivity contribution in [2.75, 3.05) is 0 Å². The average molecular weight is 651 g/mol. The van der Waals surface area contributed by atoms with Crippen molar-refractivity contribution in [2.45, 2.75) is 0 Å². The van der Waals surface area contributed by atoms with E-state index in [4.69, 9.17) is 0 Å². The van der Waals surface area contributed by atoms with Crippen molar-refractivity contribution < 1.29 is 0 Å². The van der Waals surface area contributed by atoms with Crippen molar-refractivity contribution in [1.29, 1.82) is 0 Å². The highest BCUT2D eigenvalue weighted by molar-refractivity contribution is 6.27. The van der Waals surface area contributed by atoms with Gasteiger partial charge in [0.1, 0.15) is 0 Å². The summed E-state index contributed by atoms with van der Waals surface area (Å²) in [4.78, 5) is 0. The largest absolute Gasteiger partial charge is 0.0610 e. The van der Waals surface area contributed by atoms with E-state index in [9.17, 15) is 0 Å². The molecular weight excluding hydrogens is 625 g/mol. The van der Waals surface area contributed by atoms with Crippen molar-refractivity contribution in [3.63, 3.8) is 0 Å². The number of hydrogen-bond donors (Lipinski definition) is 0. The highest BCUT2D eigenvalue weighted by Crippen LogP contribution is 2.40. The molecule has 12 rings (SSSR count). The van der Waals surface area contributed by atoms with Crippen molar-refractivity contribution >= 4 is 97.0 Å². The third-order valence-electron chi connectivity index (χ3n) is 11.4. The lowest BCUT2D eigenvalue weighted by atomic mass is 9.89. The zero-order valence-corrected chi connectivity index (χ0v) is 28.0. The molecule has 0 unspecified atom stereocenters. The van der Waals surface area contributed by atoms with Crippen LogP contribution in [0.3, 0.4) is 0 Å². The number of benzene rings is 12. The van der Waals surface area contributed by atoms with Crippen LogP contribution in [0.1, 0.15) is 22.3 Å². The normalized spacial score (nSPS) is 11.9. The predicted octanol–water partition coefficient (Wildman–Crippen LogP) is 13.2. The number of hydrogen-bond acceptors (Lipinski definition) is 0. The molecule has 0 nitrogen and oxygen atoms in total. The molecule has 0 aliphatic rings. The topological polar surface area (TPSA) is 0 Å². The Balaban J connectivity index is 1.10. The molecule has 0 heterocycles. The fourth-order valence-electron chi connectivity index (χ4n) is 9.00. The van der Waals surface area contributed by atoms with Crippen LogP contribution in [0.25, 0.3) is 97.0 Å². The van der Waals surface area contributed by atoms with Crippen LogP contribution in [0.15, 0.2) is 158 Å². The van der Waals surface area contributed by atoms with E-state index in [1.165, 1.54) is 86.2 Å². The van der Waals surface area contributed by atoms with E-state index in [-0.39, 0.29) is 0 Å². The molecule has 12 aromatic rings. The fraction of sp³-hybridized carbons (Fsp3) is 0. The molecule has 0 saturated heterocycles. The van der Waals surface area contributed by atoms with Gasteiger partial charge in [-0.1, -0.05) is 163 Å². The Morgan fingerprint density at radius 1 is 0.212 bits per heavy atom. The molecule has 0 heteroatoms. The standard InChI is InChI=1S/C52H26/c1-4-33-16-18-39-14-10-31(43-26-22-35(6-1)47(33)50(39)43)12-20-41-30-42(46-29-25-38-9-3-8-37-24-28-45(41)52(46)49(37)38)21-13-32-11-15-40-19-17-34-5-2-7-36-23-27-44(32)51(40)48(34)36/h1-11,14-19,22-30H. The van der Waals surface area contributed by atoms with Gasteiger partial charge in [0.05, 0.1) is 0 Å². The molecule has 12 aromatic carbocycles. The Morgan fingerprint density at radius 2 is 0.481 bits per heavy atom. The Hall–Kier alpha value is -7.12. The van der Waals surface area contributed by atoms with Gasteiger partial charge in [0.15, 0.2) is 0 Å². The van der Waals surface area contributed by atoms with E-state index >= 15 is 0 Å². The molecule has 52 heavy (non-hydrogen) atoms. The summed E-state index contributed by atoms with van der Waals surface area (Å²) in [7, 11) is 0. The summed E-state index contributed by atoms with van der Waals surface area (Å²) in [5, 5.41) is 22.5. The van der Waals surface area contributed by atoms with Crippen LogP contribution < -0.4 is 0 Å². The Labute approximate surface area is 299 Å². The molecule has 0 aliphatic heterocycles. The summed E-state index contributed by atoms with van der Waals surface area (Å²) in [6.07, 6.45) is 0. The van der Waals surface area contributed by atoms with Crippen molar-refractivity contribution in [3.05, 3.63) is 180 Å². The Morgan fingerprint density at radius 3 is 0.865 bits per heavy atom. The second-order valence-electron chi connectivity index (χ2n) is 14.1. The first-order valence-electron chi connectivity index (χ1n) is 17.8. The molecule has 0 atom stereocenters. The zero-order valence-electron chi connectivity index (χ0n) is 28.0. The van der Waals surface area contributed by atoms with Gasteiger partial charge in [-0.3, -0.25) is 0 Å². The molecule has 0 spiro atoms. The van der Waals surface area contributed by atoms with Gasteiger partial charge in [-0.05, 0) is 115 Å². The molecule has 0 aromatic heterocycles. The lowest BCUT2D eigenvalue weighted by Gasteiger charge is -2.14. The average Bonchev–Trinajstić information content (AvgIpc) is 3.20. The highest BCUT2D eigenvalue weighted by Gasteiger charge is 2.15. The molecule has 234 valence electrons. The van der Waals surface area contributed by atoms with Crippen molar-refractivity contribution in [2.24, 2.45) is 0 Å². The minimum Gasteiger partial charge on any atom is -0.0610 e. The minimum atomic E-state index is 0.996. The van der Waals surface area contributed by atoms with E-state index in [1.807, 2.05) is 0 Å². The first-order chi connectivity index (χ1) is 25.8. The van der Waals surface area contributed by atoms with Crippen LogP contribution in [0.2, 0.25) is 0 Å². The minimum absolute atomic E-state index is 0.996. The van der Waals surface area contributed by atoms with Gasteiger partial charge >= 0.3 is 0 Å². The smallest absolute Gasteiger partial charge is 0.0340 e. The Bertz CT molecular complexity index is 3310. The van der Waals surface area contributed by atoms with Gasteiger partial charge in [0, 0.05) is 22.3 Å². The molecule has 0 saturated carbocycles. The van der Waals surface area contributed by atoms with Gasteiger partial charge in [-0.15, -0.1) is 0 Å². The highest BCUT2D eigenvalue weighted by atomic mass is 14.2. The maximum atomic E-state index is 3.67. The van der Waals surface area contributed by atoms with Gasteiger partial charge in [0.2, 0.25) is 0 Å². The molecule has 0 amide bonds. The monoisotopic (exact) mass is 650 g/mol. The summed E-state index contributed by atoms with van der Waals surface area (Å²) in [5.41, 5.74) is 4.07. The van der Waals surface area contributed by atoms with Gasteiger partial charge in [0.25, 0.3) is 0 Å². The summed E-state index contributed by atoms with van der Waals surface area (Å²) >= 11 is 0. The summed E-state index contributed by atoms with van der Waals surface area (Å²) in [5.74, 6) is 14.6. The Kier molecular flexibility index (Phi) is 5.44. The molecule has 0 fully saturated rings. The van der Waals surface area contributed by atoms with Gasteiger partial charge in [-0.2, -0.15) is 0 Å². The van der Waals surface area contributed by atoms with E-state index in [0.29, 0.717) is 0 Å². The lowest BCUT2D eigenvalue weighted by Crippen LogP contribution is -1.91. The fourth-order valence-corrected chi connectivity index (χ4v) is 9.00. The van der Waals surface area contributed by atoms with Crippen LogP contribution in [-0.4, -0.2) is 0 Å². The van der Waals surface area contributed by atoms with Crippen LogP contribution in [-0.2, 0) is 0 Å². The van der Waals surface area contributed by atoms with Crippen LogP contribution >= 0.6 is 0 Å². The van der Waals surface area contributed by atoms with Crippen LogP contribution in [0.4, 0.5) is 0 Å². The zero-order chi connectivity index (χ0) is 33.9. The van der Waals surface area contributed by atoms with Gasteiger partial charge in [-0.25, -0.2) is 0 Å². The SMILES string of the molecule is C(#Cc1cc(C#Cc2ccc3ccc4cccc5ccc2c3c45)c2ccc3cccc4ccc1c2c43)c1ccc2ccc3cccc4ccc1c2c34. The van der Waals surface area contributed by atoms with Gasteiger partial charge < -0.3 is 0 Å². The number of rotatable bonds is 0. The summed E-state index contributed by atoms with van der Waals surface area (Å²) < 4.78 is 0. The van der Waals surface area contributed by atoms with Crippen LogP contribution in [0, 0.1) is 23.7 Å². The molecule has 0 radical (unpaired) electrons. The predicted molar refractivity (Wildman–Crippen MR) is 222 cm³/mol. The second kappa shape index (κ2) is 10.2. The molecular formula is C52H26. The molecule has 0 aliphatic carbocycles. The first kappa shape index (κ1) is 27.7. The van der Waals surface area contributed by atoms with Crippen molar-refractivity contribution in [3.8, 4) is 23.7 Å². The third-order valence-corrected chi connectivity index (χ3v) is 11.4. The first-order valence-corrected chi connectivity index (χ1v) is 17.8. The lowest BCUT2D eigenvalue weighted by molar-refractivity contribution is 1.68. The summed E-state index contributed by atoms with van der Waals surface area (Å²) in [6.45, 7) is 0. The third kappa shape index (κ3) is 3.79. The molecule has 0 bridgehead atoms. The molecule has 0 N–H and O–H groups in total. The van der Waals surface area contributed by atoms with E-state index in [2.05, 4.69) is 181 Å². The van der Waals surface area contributed by atoms with E-state index in [0.717, 1.165) is 33.0 Å².